The zero-order valence-corrected chi connectivity index (χ0v) is 30.7. The van der Waals surface area contributed by atoms with Crippen molar-refractivity contribution < 1.29 is 4.42 Å². The van der Waals surface area contributed by atoms with E-state index < -0.39 is 0 Å². The molecule has 6 aromatic carbocycles. The Kier molecular flexibility index (Phi) is 6.85. The molecule has 0 spiro atoms. The van der Waals surface area contributed by atoms with Crippen LogP contribution in [0.1, 0.15) is 12.2 Å². The van der Waals surface area contributed by atoms with Crippen LogP contribution in [0.25, 0.3) is 99.2 Å². The summed E-state index contributed by atoms with van der Waals surface area (Å²) in [5, 5.41) is 3.26. The first kappa shape index (κ1) is 31.3. The Morgan fingerprint density at radius 2 is 1.30 bits per heavy atom. The van der Waals surface area contributed by atoms with Gasteiger partial charge in [-0.2, -0.15) is 4.98 Å². The van der Waals surface area contributed by atoms with E-state index in [4.69, 9.17) is 29.3 Å². The molecule has 56 heavy (non-hydrogen) atoms. The molecule has 7 nitrogen and oxygen atoms in total. The summed E-state index contributed by atoms with van der Waals surface area (Å²) in [4.78, 5) is 25.0. The first-order valence-corrected chi connectivity index (χ1v) is 19.6. The number of nitrogens with zero attached hydrogens (tertiary/aromatic N) is 6. The maximum atomic E-state index is 6.26. The summed E-state index contributed by atoms with van der Waals surface area (Å²) in [5.74, 6) is 3.21. The Bertz CT molecular complexity index is 3230. The molecule has 2 aliphatic rings. The molecule has 1 fully saturated rings. The molecule has 2 atom stereocenters. The minimum Gasteiger partial charge on any atom is -0.423 e. The number of rotatable bonds is 6. The van der Waals surface area contributed by atoms with Gasteiger partial charge in [0.1, 0.15) is 10.5 Å². The van der Waals surface area contributed by atoms with E-state index in [1.165, 1.54) is 5.57 Å². The van der Waals surface area contributed by atoms with Crippen molar-refractivity contribution in [2.75, 3.05) is 0 Å². The fourth-order valence-electron chi connectivity index (χ4n) is 8.13. The largest absolute Gasteiger partial charge is 0.423 e. The number of para-hydroxylation sites is 3. The van der Waals surface area contributed by atoms with Crippen LogP contribution in [0.2, 0.25) is 0 Å². The number of hydrogen-bond acceptors (Lipinski definition) is 7. The van der Waals surface area contributed by atoms with Crippen LogP contribution in [0.15, 0.2) is 162 Å². The SMILES string of the molecule is C1=C[C@@H]2CC2C(c2nc(-c3ccccc3)nc(-c3ccc4nc(-c5cccc(-c6ccc7c(c6)c6ccccc6n7-c6nc7ccccc7o6)c5)sc4c3)n2)=C1. The fraction of sp³-hybridized carbons (Fsp3) is 0.0625. The van der Waals surface area contributed by atoms with Crippen molar-refractivity contribution in [3.8, 4) is 50.5 Å². The monoisotopic (exact) mass is 738 g/mol. The molecule has 0 amide bonds. The zero-order chi connectivity index (χ0) is 36.7. The van der Waals surface area contributed by atoms with Crippen LogP contribution in [0, 0.1) is 11.8 Å². The quantitative estimate of drug-likeness (QED) is 0.169. The van der Waals surface area contributed by atoms with Crippen molar-refractivity contribution >= 4 is 60.0 Å². The van der Waals surface area contributed by atoms with Gasteiger partial charge in [-0.3, -0.25) is 4.57 Å². The Morgan fingerprint density at radius 3 is 2.23 bits per heavy atom. The van der Waals surface area contributed by atoms with E-state index in [0.29, 0.717) is 29.5 Å². The molecule has 0 saturated heterocycles. The van der Waals surface area contributed by atoms with Gasteiger partial charge in [-0.25, -0.2) is 19.9 Å². The van der Waals surface area contributed by atoms with Crippen LogP contribution in [0.3, 0.4) is 0 Å². The Morgan fingerprint density at radius 1 is 0.554 bits per heavy atom. The van der Waals surface area contributed by atoms with Crippen molar-refractivity contribution in [2.24, 2.45) is 11.8 Å². The number of aromatic nitrogens is 6. The smallest absolute Gasteiger partial charge is 0.307 e. The number of fused-ring (bicyclic) bond motifs is 6. The highest BCUT2D eigenvalue weighted by molar-refractivity contribution is 7.21. The van der Waals surface area contributed by atoms with Crippen LogP contribution >= 0.6 is 11.3 Å². The van der Waals surface area contributed by atoms with E-state index >= 15 is 0 Å². The molecule has 12 rings (SSSR count). The summed E-state index contributed by atoms with van der Waals surface area (Å²) >= 11 is 1.69. The Balaban J connectivity index is 0.913. The van der Waals surface area contributed by atoms with E-state index in [0.717, 1.165) is 88.2 Å². The number of hydrogen-bond donors (Lipinski definition) is 0. The standard InChI is InChI=1S/C48H30N6OS/c1-2-10-28(11-3-1)44-51-45(53-46(52-44)35-16-9-13-31-26-36(31)35)32-20-22-39-43(27-32)56-47(49-39)33-14-8-12-29(24-33)30-21-23-41-37(25-30)34-15-4-6-18-40(34)54(41)48-50-38-17-5-7-19-42(38)55-48/h1-25,27,31,36H,26H2/t31-,36?/m1/s1. The van der Waals surface area contributed by atoms with Crippen LogP contribution in [0.4, 0.5) is 0 Å². The molecule has 4 aromatic heterocycles. The molecule has 1 unspecified atom stereocenters. The van der Waals surface area contributed by atoms with Gasteiger partial charge < -0.3 is 4.42 Å². The maximum absolute atomic E-state index is 6.26. The van der Waals surface area contributed by atoms with Crippen LogP contribution in [-0.4, -0.2) is 29.5 Å². The second-order valence-corrected chi connectivity index (χ2v) is 15.5. The summed E-state index contributed by atoms with van der Waals surface area (Å²) in [6.45, 7) is 0. The van der Waals surface area contributed by atoms with Gasteiger partial charge >= 0.3 is 6.01 Å². The maximum Gasteiger partial charge on any atom is 0.307 e. The summed E-state index contributed by atoms with van der Waals surface area (Å²) in [6.07, 6.45) is 7.76. The predicted molar refractivity (Wildman–Crippen MR) is 225 cm³/mol. The van der Waals surface area contributed by atoms with Gasteiger partial charge in [0.15, 0.2) is 23.1 Å². The van der Waals surface area contributed by atoms with E-state index in [2.05, 4.69) is 120 Å². The number of benzene rings is 6. The lowest BCUT2D eigenvalue weighted by Crippen LogP contribution is -2.05. The molecule has 10 aromatic rings. The molecule has 264 valence electrons. The summed E-state index contributed by atoms with van der Waals surface area (Å²) < 4.78 is 9.46. The lowest BCUT2D eigenvalue weighted by molar-refractivity contribution is 0.574. The van der Waals surface area contributed by atoms with E-state index in [9.17, 15) is 0 Å². The second kappa shape index (κ2) is 12.2. The first-order chi connectivity index (χ1) is 27.7. The zero-order valence-electron chi connectivity index (χ0n) is 29.9. The summed E-state index contributed by atoms with van der Waals surface area (Å²) in [6, 6.07) is 48.7. The van der Waals surface area contributed by atoms with Gasteiger partial charge in [0, 0.05) is 33.0 Å². The lowest BCUT2D eigenvalue weighted by atomic mass is 10.0. The fourth-order valence-corrected chi connectivity index (χ4v) is 9.14. The molecule has 1 saturated carbocycles. The second-order valence-electron chi connectivity index (χ2n) is 14.5. The average molecular weight is 739 g/mol. The van der Waals surface area contributed by atoms with Gasteiger partial charge in [-0.1, -0.05) is 103 Å². The molecular formula is C48H30N6OS. The van der Waals surface area contributed by atoms with Crippen molar-refractivity contribution in [1.29, 1.82) is 0 Å². The summed E-state index contributed by atoms with van der Waals surface area (Å²) in [5.41, 5.74) is 11.1. The minimum absolute atomic E-state index is 0.489. The van der Waals surface area contributed by atoms with Crippen LogP contribution < -0.4 is 0 Å². The van der Waals surface area contributed by atoms with E-state index in [1.807, 2.05) is 42.5 Å². The highest BCUT2D eigenvalue weighted by atomic mass is 32.1. The predicted octanol–water partition coefficient (Wildman–Crippen LogP) is 12.0. The topological polar surface area (TPSA) is 82.5 Å². The van der Waals surface area contributed by atoms with Crippen molar-refractivity contribution in [2.45, 2.75) is 6.42 Å². The highest BCUT2D eigenvalue weighted by Crippen LogP contribution is 2.50. The Hall–Kier alpha value is -7.03. The molecule has 8 heteroatoms. The average Bonchev–Trinajstić information content (AvgIpc) is 3.57. The number of allylic oxidation sites excluding steroid dienone is 4. The van der Waals surface area contributed by atoms with Crippen LogP contribution in [0.5, 0.6) is 0 Å². The van der Waals surface area contributed by atoms with Crippen molar-refractivity contribution in [1.82, 2.24) is 29.5 Å². The normalized spacial score (nSPS) is 16.2. The van der Waals surface area contributed by atoms with Crippen molar-refractivity contribution in [3.63, 3.8) is 0 Å². The van der Waals surface area contributed by atoms with Crippen LogP contribution in [-0.2, 0) is 0 Å². The molecule has 0 aliphatic heterocycles. The van der Waals surface area contributed by atoms with Gasteiger partial charge in [-0.15, -0.1) is 11.3 Å². The first-order valence-electron chi connectivity index (χ1n) is 18.8. The summed E-state index contributed by atoms with van der Waals surface area (Å²) in [7, 11) is 0. The van der Waals surface area contributed by atoms with Crippen molar-refractivity contribution in [3.05, 3.63) is 164 Å². The number of thiazole rings is 1. The highest BCUT2D eigenvalue weighted by Gasteiger charge is 2.41. The van der Waals surface area contributed by atoms with Gasteiger partial charge in [0.25, 0.3) is 0 Å². The lowest BCUT2D eigenvalue weighted by Gasteiger charge is -2.11. The molecule has 0 N–H and O–H groups in total. The van der Waals surface area contributed by atoms with Gasteiger partial charge in [0.05, 0.1) is 21.3 Å². The molecule has 2 aliphatic carbocycles. The molecular weight excluding hydrogens is 709 g/mol. The van der Waals surface area contributed by atoms with Gasteiger partial charge in [-0.05, 0) is 84.0 Å². The number of oxazole rings is 1. The molecule has 0 radical (unpaired) electrons. The minimum atomic E-state index is 0.489. The third-order valence-electron chi connectivity index (χ3n) is 11.0. The Labute approximate surface area is 325 Å². The molecule has 4 heterocycles. The van der Waals surface area contributed by atoms with Gasteiger partial charge in [0.2, 0.25) is 0 Å². The van der Waals surface area contributed by atoms with E-state index in [-0.39, 0.29) is 0 Å². The van der Waals surface area contributed by atoms with E-state index in [1.54, 1.807) is 11.3 Å². The third-order valence-corrected chi connectivity index (χ3v) is 12.1. The third kappa shape index (κ3) is 5.14. The molecule has 0 bridgehead atoms.